The fourth-order valence-corrected chi connectivity index (χ4v) is 2.56. The third-order valence-electron chi connectivity index (χ3n) is 3.81. The Kier molecular flexibility index (Phi) is 4.40. The zero-order valence-electron chi connectivity index (χ0n) is 14.2. The molecule has 0 bridgehead atoms. The maximum atomic E-state index is 12.5. The number of primary amides is 1. The molecule has 134 valence electrons. The maximum absolute atomic E-state index is 12.5. The number of hydrogen-bond acceptors (Lipinski definition) is 8. The monoisotopic (exact) mass is 355 g/mol. The molecule has 1 amide bonds. The zero-order valence-corrected chi connectivity index (χ0v) is 14.2. The molecule has 0 fully saturated rings. The average Bonchev–Trinajstić information content (AvgIpc) is 2.62. The second-order valence-corrected chi connectivity index (χ2v) is 5.34. The smallest absolute Gasteiger partial charge is 0.256 e. The minimum absolute atomic E-state index is 0.0201. The quantitative estimate of drug-likeness (QED) is 0.603. The Morgan fingerprint density at radius 3 is 2.65 bits per heavy atom. The van der Waals surface area contributed by atoms with Crippen molar-refractivity contribution in [2.24, 2.45) is 5.73 Å². The average molecular weight is 355 g/mol. The summed E-state index contributed by atoms with van der Waals surface area (Å²) in [5, 5.41) is 3.15. The molecule has 0 unspecified atom stereocenters. The van der Waals surface area contributed by atoms with Gasteiger partial charge in [0.2, 0.25) is 17.3 Å². The lowest BCUT2D eigenvalue weighted by molar-refractivity contribution is 0.1000. The summed E-state index contributed by atoms with van der Waals surface area (Å²) in [5.41, 5.74) is 11.3. The summed E-state index contributed by atoms with van der Waals surface area (Å²) in [6.07, 6.45) is 2.89. The summed E-state index contributed by atoms with van der Waals surface area (Å²) in [6.45, 7) is 2.21. The summed E-state index contributed by atoms with van der Waals surface area (Å²) >= 11 is 0. The van der Waals surface area contributed by atoms with Gasteiger partial charge in [0, 0.05) is 18.8 Å². The minimum Gasteiger partial charge on any atom is -0.481 e. The van der Waals surface area contributed by atoms with Crippen molar-refractivity contribution in [2.75, 3.05) is 18.2 Å². The number of ether oxygens (including phenoxy) is 1. The number of carbonyl (C=O) groups excluding carboxylic acids is 1. The molecule has 3 heterocycles. The van der Waals surface area contributed by atoms with Gasteiger partial charge in [-0.2, -0.15) is 4.98 Å². The number of rotatable bonds is 5. The van der Waals surface area contributed by atoms with E-state index in [1.807, 2.05) is 6.92 Å². The number of pyridine rings is 2. The first-order chi connectivity index (χ1) is 12.5. The van der Waals surface area contributed by atoms with Crippen LogP contribution < -0.4 is 26.9 Å². The number of fused-ring (bicyclic) bond motifs is 1. The molecule has 0 atom stereocenters. The van der Waals surface area contributed by atoms with Crippen LogP contribution in [0.15, 0.2) is 29.3 Å². The second kappa shape index (κ2) is 6.67. The number of carbonyl (C=O) groups is 1. The molecule has 0 saturated heterocycles. The van der Waals surface area contributed by atoms with E-state index in [1.165, 1.54) is 17.9 Å². The van der Waals surface area contributed by atoms with Crippen molar-refractivity contribution < 1.29 is 9.53 Å². The van der Waals surface area contributed by atoms with Crippen LogP contribution in [0, 0.1) is 0 Å². The van der Waals surface area contributed by atoms with Crippen molar-refractivity contribution in [3.05, 3.63) is 40.3 Å². The molecular weight excluding hydrogens is 338 g/mol. The van der Waals surface area contributed by atoms with Crippen LogP contribution in [0.5, 0.6) is 5.88 Å². The van der Waals surface area contributed by atoms with Gasteiger partial charge in [-0.15, -0.1) is 0 Å². The van der Waals surface area contributed by atoms with Crippen molar-refractivity contribution in [3.63, 3.8) is 0 Å². The molecule has 0 aliphatic rings. The van der Waals surface area contributed by atoms with Gasteiger partial charge in [0.15, 0.2) is 5.65 Å². The number of anilines is 3. The van der Waals surface area contributed by atoms with E-state index in [2.05, 4.69) is 20.3 Å². The highest BCUT2D eigenvalue weighted by Crippen LogP contribution is 2.19. The Hall–Kier alpha value is -3.69. The first-order valence-corrected chi connectivity index (χ1v) is 7.72. The molecule has 3 aromatic heterocycles. The van der Waals surface area contributed by atoms with Gasteiger partial charge in [0.1, 0.15) is 11.4 Å². The number of aryl methyl sites for hydroxylation is 1. The molecule has 0 aromatic carbocycles. The molecule has 10 heteroatoms. The van der Waals surface area contributed by atoms with Crippen LogP contribution in [0.4, 0.5) is 17.5 Å². The van der Waals surface area contributed by atoms with Crippen molar-refractivity contribution in [1.29, 1.82) is 0 Å². The number of amides is 1. The largest absolute Gasteiger partial charge is 0.481 e. The highest BCUT2D eigenvalue weighted by molar-refractivity contribution is 6.00. The molecule has 0 saturated carbocycles. The summed E-state index contributed by atoms with van der Waals surface area (Å²) in [6, 6.07) is 3.43. The highest BCUT2D eigenvalue weighted by atomic mass is 16.5. The van der Waals surface area contributed by atoms with Crippen LogP contribution in [-0.2, 0) is 6.54 Å². The SMILES string of the molecule is CCn1c(N)c(C(N)=O)c(=O)c2cnc(Nc3ccc(OC)nc3)nc21. The number of hydrogen-bond donors (Lipinski definition) is 3. The molecule has 0 radical (unpaired) electrons. The summed E-state index contributed by atoms with van der Waals surface area (Å²) in [7, 11) is 1.52. The van der Waals surface area contributed by atoms with Gasteiger partial charge in [-0.3, -0.25) is 9.59 Å². The number of nitrogens with one attached hydrogen (secondary N) is 1. The van der Waals surface area contributed by atoms with E-state index in [-0.39, 0.29) is 22.7 Å². The van der Waals surface area contributed by atoms with Crippen LogP contribution in [-0.4, -0.2) is 32.5 Å². The van der Waals surface area contributed by atoms with E-state index < -0.39 is 11.3 Å². The first-order valence-electron chi connectivity index (χ1n) is 7.72. The van der Waals surface area contributed by atoms with E-state index in [0.717, 1.165) is 0 Å². The van der Waals surface area contributed by atoms with Gasteiger partial charge in [0.25, 0.3) is 5.91 Å². The third-order valence-corrected chi connectivity index (χ3v) is 3.81. The number of aromatic nitrogens is 4. The van der Waals surface area contributed by atoms with E-state index in [1.54, 1.807) is 18.3 Å². The molecule has 5 N–H and O–H groups in total. The molecule has 0 aliphatic carbocycles. The minimum atomic E-state index is -0.886. The van der Waals surface area contributed by atoms with Gasteiger partial charge < -0.3 is 26.1 Å². The Morgan fingerprint density at radius 1 is 1.31 bits per heavy atom. The van der Waals surface area contributed by atoms with Gasteiger partial charge in [-0.1, -0.05) is 0 Å². The van der Waals surface area contributed by atoms with Crippen molar-refractivity contribution >= 4 is 34.4 Å². The molecule has 3 aromatic rings. The van der Waals surface area contributed by atoms with E-state index >= 15 is 0 Å². The van der Waals surface area contributed by atoms with E-state index in [9.17, 15) is 9.59 Å². The summed E-state index contributed by atoms with van der Waals surface area (Å²) in [5.74, 6) is -0.185. The van der Waals surface area contributed by atoms with Crippen molar-refractivity contribution in [2.45, 2.75) is 13.5 Å². The van der Waals surface area contributed by atoms with E-state index in [0.29, 0.717) is 23.8 Å². The van der Waals surface area contributed by atoms with Crippen LogP contribution in [0.2, 0.25) is 0 Å². The predicted octanol–water partition coefficient (Wildman–Crippen LogP) is 0.640. The molecule has 3 rings (SSSR count). The topological polar surface area (TPSA) is 151 Å². The normalized spacial score (nSPS) is 10.7. The second-order valence-electron chi connectivity index (χ2n) is 5.34. The predicted molar refractivity (Wildman–Crippen MR) is 96.5 cm³/mol. The molecule has 0 spiro atoms. The molecule has 10 nitrogen and oxygen atoms in total. The Bertz CT molecular complexity index is 1040. The van der Waals surface area contributed by atoms with Crippen LogP contribution in [0.3, 0.4) is 0 Å². The third kappa shape index (κ3) is 2.88. The number of nitrogens with two attached hydrogens (primary N) is 2. The number of nitrogen functional groups attached to an aromatic ring is 1. The maximum Gasteiger partial charge on any atom is 0.256 e. The molecular formula is C16H17N7O3. The highest BCUT2D eigenvalue weighted by Gasteiger charge is 2.19. The summed E-state index contributed by atoms with van der Waals surface area (Å²) in [4.78, 5) is 36.6. The Morgan fingerprint density at radius 2 is 2.08 bits per heavy atom. The summed E-state index contributed by atoms with van der Waals surface area (Å²) < 4.78 is 6.54. The number of nitrogens with zero attached hydrogens (tertiary/aromatic N) is 4. The molecule has 26 heavy (non-hydrogen) atoms. The van der Waals surface area contributed by atoms with Gasteiger partial charge in [-0.05, 0) is 13.0 Å². The standard InChI is InChI=1S/C16H17N7O3/c1-3-23-13(17)11(14(18)25)12(24)9-7-20-16(22-15(9)23)21-8-4-5-10(26-2)19-6-8/h4-7H,3,17H2,1-2H3,(H2,18,25)(H,20,21,22). The first kappa shape index (κ1) is 17.1. The van der Waals surface area contributed by atoms with Crippen LogP contribution in [0.1, 0.15) is 17.3 Å². The van der Waals surface area contributed by atoms with Gasteiger partial charge in [-0.25, -0.2) is 9.97 Å². The van der Waals surface area contributed by atoms with Crippen LogP contribution in [0.25, 0.3) is 11.0 Å². The fourth-order valence-electron chi connectivity index (χ4n) is 2.56. The lowest BCUT2D eigenvalue weighted by atomic mass is 10.2. The van der Waals surface area contributed by atoms with E-state index in [4.69, 9.17) is 16.2 Å². The van der Waals surface area contributed by atoms with Crippen molar-refractivity contribution in [3.8, 4) is 5.88 Å². The van der Waals surface area contributed by atoms with Crippen LogP contribution >= 0.6 is 0 Å². The number of methoxy groups -OCH3 is 1. The van der Waals surface area contributed by atoms with Gasteiger partial charge in [0.05, 0.1) is 24.4 Å². The Balaban J connectivity index is 2.11. The zero-order chi connectivity index (χ0) is 18.8. The molecule has 0 aliphatic heterocycles. The Labute approximate surface area is 147 Å². The fraction of sp³-hybridized carbons (Fsp3) is 0.188. The van der Waals surface area contributed by atoms with Gasteiger partial charge >= 0.3 is 0 Å². The lowest BCUT2D eigenvalue weighted by Crippen LogP contribution is -2.28. The lowest BCUT2D eigenvalue weighted by Gasteiger charge is -2.14. The van der Waals surface area contributed by atoms with Crippen molar-refractivity contribution in [1.82, 2.24) is 19.5 Å².